The summed E-state index contributed by atoms with van der Waals surface area (Å²) in [6.45, 7) is 5.04. The Morgan fingerprint density at radius 3 is 1.90 bits per heavy atom. The number of rotatable bonds is 2. The van der Waals surface area contributed by atoms with Crippen LogP contribution in [0.5, 0.6) is 0 Å². The van der Waals surface area contributed by atoms with Crippen LogP contribution < -0.4 is 0 Å². The molecule has 2 nitrogen and oxygen atoms in total. The summed E-state index contributed by atoms with van der Waals surface area (Å²) in [6, 6.07) is 0. The predicted octanol–water partition coefficient (Wildman–Crippen LogP) is 1.70. The van der Waals surface area contributed by atoms with Crippen LogP contribution >= 0.6 is 7.26 Å². The molecule has 1 aliphatic heterocycles. The van der Waals surface area contributed by atoms with E-state index in [-0.39, 0.29) is 0 Å². The third-order valence-electron chi connectivity index (χ3n) is 2.48. The Kier molecular flexibility index (Phi) is 3.09. The van der Waals surface area contributed by atoms with E-state index in [1.54, 1.807) is 0 Å². The minimum absolute atomic E-state index is 0.523. The maximum atomic E-state index is 5.31. The van der Waals surface area contributed by atoms with E-state index in [1.807, 2.05) is 0 Å². The van der Waals surface area contributed by atoms with Gasteiger partial charge in [0.05, 0.1) is 0 Å². The van der Waals surface area contributed by atoms with E-state index in [0.717, 1.165) is 12.7 Å². The Morgan fingerprint density at radius 2 is 1.60 bits per heavy atom. The van der Waals surface area contributed by atoms with Crippen molar-refractivity contribution in [3.05, 3.63) is 0 Å². The van der Waals surface area contributed by atoms with E-state index in [1.165, 1.54) is 12.3 Å². The molecule has 3 heteroatoms. The van der Waals surface area contributed by atoms with Gasteiger partial charge in [-0.25, -0.2) is 0 Å². The van der Waals surface area contributed by atoms with E-state index in [2.05, 4.69) is 13.8 Å². The van der Waals surface area contributed by atoms with Crippen molar-refractivity contribution in [2.75, 3.05) is 31.8 Å². The zero-order valence-corrected chi connectivity index (χ0v) is 7.85. The van der Waals surface area contributed by atoms with Gasteiger partial charge in [-0.2, -0.15) is 0 Å². The second-order valence-electron chi connectivity index (χ2n) is 3.02. The van der Waals surface area contributed by atoms with Crippen molar-refractivity contribution in [3.8, 4) is 0 Å². The number of hydrogen-bond donors (Lipinski definition) is 0. The monoisotopic (exact) mass is 164 g/mol. The van der Waals surface area contributed by atoms with Crippen LogP contribution in [-0.2, 0) is 9.47 Å². The van der Waals surface area contributed by atoms with Crippen molar-refractivity contribution < 1.29 is 9.47 Å². The van der Waals surface area contributed by atoms with Crippen molar-refractivity contribution in [1.29, 1.82) is 0 Å². The molecule has 0 aromatic rings. The van der Waals surface area contributed by atoms with Crippen LogP contribution in [-0.4, -0.2) is 31.8 Å². The summed E-state index contributed by atoms with van der Waals surface area (Å²) in [5.41, 5.74) is 0. The topological polar surface area (TPSA) is 18.5 Å². The van der Waals surface area contributed by atoms with Crippen molar-refractivity contribution in [2.45, 2.75) is 13.8 Å². The molecule has 62 valence electrons. The van der Waals surface area contributed by atoms with Crippen molar-refractivity contribution >= 4 is 7.26 Å². The molecule has 0 aromatic carbocycles. The Hall–Kier alpha value is 0.350. The molecule has 0 N–H and O–H groups in total. The first-order valence-electron chi connectivity index (χ1n) is 3.98. The Balaban J connectivity index is 2.44. The molecule has 0 unspecified atom stereocenters. The predicted molar refractivity (Wildman–Crippen MR) is 46.2 cm³/mol. The van der Waals surface area contributed by atoms with Gasteiger partial charge in [-0.05, 0) is 0 Å². The quantitative estimate of drug-likeness (QED) is 0.578. The van der Waals surface area contributed by atoms with Gasteiger partial charge in [-0.1, -0.05) is 0 Å². The van der Waals surface area contributed by atoms with Gasteiger partial charge in [-0.15, -0.1) is 0 Å². The van der Waals surface area contributed by atoms with E-state index in [9.17, 15) is 0 Å². The third kappa shape index (κ3) is 1.69. The molecule has 1 saturated heterocycles. The average Bonchev–Trinajstić information content (AvgIpc) is 2.06. The van der Waals surface area contributed by atoms with Crippen LogP contribution in [0.1, 0.15) is 13.8 Å². The Labute approximate surface area is 63.2 Å². The van der Waals surface area contributed by atoms with Crippen molar-refractivity contribution in [1.82, 2.24) is 0 Å². The van der Waals surface area contributed by atoms with Gasteiger partial charge in [-0.3, -0.25) is 0 Å². The van der Waals surface area contributed by atoms with Crippen molar-refractivity contribution in [3.63, 3.8) is 0 Å². The molecular formula is C7H17O2P. The molecule has 1 fully saturated rings. The fourth-order valence-corrected chi connectivity index (χ4v) is 3.71. The fraction of sp³-hybridized carbons (Fsp3) is 1.00. The first-order chi connectivity index (χ1) is 4.83. The SMILES string of the molecule is CC[PH]1(CC)COCOC1. The molecule has 1 rings (SSSR count). The molecule has 10 heavy (non-hydrogen) atoms. The molecule has 0 aliphatic carbocycles. The summed E-state index contributed by atoms with van der Waals surface area (Å²) in [4.78, 5) is 0. The molecule has 0 atom stereocenters. The zero-order valence-electron chi connectivity index (χ0n) is 6.85. The van der Waals surface area contributed by atoms with Crippen LogP contribution in [0.15, 0.2) is 0 Å². The molecule has 0 saturated carbocycles. The van der Waals surface area contributed by atoms with Crippen molar-refractivity contribution in [2.24, 2.45) is 0 Å². The minimum atomic E-state index is -1.08. The van der Waals surface area contributed by atoms with Gasteiger partial charge < -0.3 is 0 Å². The van der Waals surface area contributed by atoms with Gasteiger partial charge in [0.1, 0.15) is 0 Å². The van der Waals surface area contributed by atoms with Crippen LogP contribution in [0.25, 0.3) is 0 Å². The first kappa shape index (κ1) is 8.45. The summed E-state index contributed by atoms with van der Waals surface area (Å²) in [6.07, 6.45) is 4.62. The van der Waals surface area contributed by atoms with Crippen LogP contribution in [0.4, 0.5) is 0 Å². The van der Waals surface area contributed by atoms with Gasteiger partial charge in [0.15, 0.2) is 0 Å². The molecule has 0 aromatic heterocycles. The summed E-state index contributed by atoms with van der Waals surface area (Å²) in [7, 11) is -1.08. The molecule has 0 amide bonds. The molecule has 0 spiro atoms. The second kappa shape index (κ2) is 3.66. The molecular weight excluding hydrogens is 147 g/mol. The maximum absolute atomic E-state index is 5.31. The van der Waals surface area contributed by atoms with Crippen LogP contribution in [0, 0.1) is 0 Å². The van der Waals surface area contributed by atoms with E-state index >= 15 is 0 Å². The number of hydrogen-bond acceptors (Lipinski definition) is 2. The Bertz CT molecular complexity index is 93.8. The zero-order chi connectivity index (χ0) is 7.45. The van der Waals surface area contributed by atoms with E-state index < -0.39 is 7.26 Å². The number of ether oxygens (including phenoxy) is 2. The fourth-order valence-electron chi connectivity index (χ4n) is 1.28. The average molecular weight is 164 g/mol. The van der Waals surface area contributed by atoms with Gasteiger partial charge >= 0.3 is 62.4 Å². The van der Waals surface area contributed by atoms with Crippen LogP contribution in [0.3, 0.4) is 0 Å². The standard InChI is InChI=1S/C7H17O2P/c1-3-10(4-2)6-8-5-9-7-10/h10H,3-7H2,1-2H3. The van der Waals surface area contributed by atoms with E-state index in [4.69, 9.17) is 9.47 Å². The van der Waals surface area contributed by atoms with Gasteiger partial charge in [0.25, 0.3) is 0 Å². The van der Waals surface area contributed by atoms with Crippen LogP contribution in [0.2, 0.25) is 0 Å². The molecule has 1 aliphatic rings. The summed E-state index contributed by atoms with van der Waals surface area (Å²) in [5.74, 6) is 0. The summed E-state index contributed by atoms with van der Waals surface area (Å²) < 4.78 is 10.6. The summed E-state index contributed by atoms with van der Waals surface area (Å²) in [5, 5.41) is 0. The van der Waals surface area contributed by atoms with E-state index in [0.29, 0.717) is 6.79 Å². The third-order valence-corrected chi connectivity index (χ3v) is 7.12. The Morgan fingerprint density at radius 1 is 1.10 bits per heavy atom. The second-order valence-corrected chi connectivity index (χ2v) is 8.01. The first-order valence-corrected chi connectivity index (χ1v) is 6.81. The normalized spacial score (nSPS) is 27.8. The summed E-state index contributed by atoms with van der Waals surface area (Å²) >= 11 is 0. The van der Waals surface area contributed by atoms with Gasteiger partial charge in [0, 0.05) is 0 Å². The molecule has 1 heterocycles. The van der Waals surface area contributed by atoms with Gasteiger partial charge in [0.2, 0.25) is 0 Å². The molecule has 0 radical (unpaired) electrons. The molecule has 0 bridgehead atoms.